The molecule has 2 heterocycles. The topological polar surface area (TPSA) is 85.8 Å². The number of imidazole rings is 1. The van der Waals surface area contributed by atoms with Crippen LogP contribution < -0.4 is 11.1 Å². The summed E-state index contributed by atoms with van der Waals surface area (Å²) in [5.41, 5.74) is 6.20. The first-order chi connectivity index (χ1) is 8.08. The molecule has 0 fully saturated rings. The number of hydrogen-bond donors (Lipinski definition) is 2. The highest BCUT2D eigenvalue weighted by Crippen LogP contribution is 2.19. The first kappa shape index (κ1) is 11.6. The van der Waals surface area contributed by atoms with Crippen LogP contribution in [0.1, 0.15) is 21.2 Å². The van der Waals surface area contributed by atoms with Crippen molar-refractivity contribution in [2.24, 2.45) is 7.05 Å². The Bertz CT molecular complexity index is 545. The molecule has 0 bridgehead atoms. The lowest BCUT2D eigenvalue weighted by Gasteiger charge is -2.03. The highest BCUT2D eigenvalue weighted by molar-refractivity contribution is 7.17. The van der Waals surface area contributed by atoms with Crippen molar-refractivity contribution in [3.05, 3.63) is 28.8 Å². The Morgan fingerprint density at radius 2 is 2.41 bits per heavy atom. The number of nitrogens with two attached hydrogens (primary N) is 1. The number of hydrogen-bond acceptors (Lipinski definition) is 5. The van der Waals surface area contributed by atoms with Crippen LogP contribution in [0.3, 0.4) is 0 Å². The fourth-order valence-corrected chi connectivity index (χ4v) is 2.18. The molecular weight excluding hydrogens is 238 g/mol. The van der Waals surface area contributed by atoms with Gasteiger partial charge in [-0.15, -0.1) is 0 Å². The van der Waals surface area contributed by atoms with Gasteiger partial charge in [0.05, 0.1) is 12.2 Å². The zero-order chi connectivity index (χ0) is 12.4. The molecule has 6 nitrogen and oxygen atoms in total. The van der Waals surface area contributed by atoms with Gasteiger partial charge in [0.25, 0.3) is 5.91 Å². The van der Waals surface area contributed by atoms with Gasteiger partial charge in [-0.05, 0) is 6.92 Å². The Hall–Kier alpha value is -1.89. The van der Waals surface area contributed by atoms with Crippen molar-refractivity contribution in [3.8, 4) is 0 Å². The summed E-state index contributed by atoms with van der Waals surface area (Å²) in [6.07, 6.45) is 3.52. The molecule has 0 spiro atoms. The number of nitrogens with one attached hydrogen (secondary N) is 1. The standard InChI is InChI=1S/C10H13N5OS/c1-6-8(17-10(11)14-6)9(16)13-5-7-12-3-4-15(7)2/h3-4H,5H2,1-2H3,(H2,11,14)(H,13,16). The van der Waals surface area contributed by atoms with E-state index in [0.29, 0.717) is 22.2 Å². The van der Waals surface area contributed by atoms with E-state index < -0.39 is 0 Å². The van der Waals surface area contributed by atoms with Crippen LogP contribution in [0.15, 0.2) is 12.4 Å². The van der Waals surface area contributed by atoms with E-state index in [1.807, 2.05) is 17.8 Å². The first-order valence-corrected chi connectivity index (χ1v) is 5.87. The lowest BCUT2D eigenvalue weighted by molar-refractivity contribution is 0.0953. The number of nitrogens with zero attached hydrogens (tertiary/aromatic N) is 3. The van der Waals surface area contributed by atoms with Gasteiger partial charge in [-0.2, -0.15) is 0 Å². The number of carbonyl (C=O) groups excluding carboxylic acids is 1. The number of aromatic nitrogens is 3. The second-order valence-electron chi connectivity index (χ2n) is 3.60. The second-order valence-corrected chi connectivity index (χ2v) is 4.63. The van der Waals surface area contributed by atoms with E-state index in [4.69, 9.17) is 5.73 Å². The van der Waals surface area contributed by atoms with Crippen LogP contribution in [0.25, 0.3) is 0 Å². The largest absolute Gasteiger partial charge is 0.375 e. The van der Waals surface area contributed by atoms with Crippen molar-refractivity contribution in [2.45, 2.75) is 13.5 Å². The minimum Gasteiger partial charge on any atom is -0.375 e. The second kappa shape index (κ2) is 4.54. The maximum absolute atomic E-state index is 11.9. The minimum atomic E-state index is -0.167. The molecule has 0 aromatic carbocycles. The van der Waals surface area contributed by atoms with Crippen LogP contribution in [0.5, 0.6) is 0 Å². The van der Waals surface area contributed by atoms with Gasteiger partial charge in [-0.25, -0.2) is 9.97 Å². The number of carbonyl (C=O) groups is 1. The molecule has 0 radical (unpaired) electrons. The van der Waals surface area contributed by atoms with E-state index in [1.54, 1.807) is 13.1 Å². The molecular formula is C10H13N5OS. The summed E-state index contributed by atoms with van der Waals surface area (Å²) in [7, 11) is 1.88. The molecule has 0 saturated carbocycles. The fraction of sp³-hybridized carbons (Fsp3) is 0.300. The van der Waals surface area contributed by atoms with E-state index in [0.717, 1.165) is 5.82 Å². The van der Waals surface area contributed by atoms with Crippen molar-refractivity contribution in [1.29, 1.82) is 0 Å². The highest BCUT2D eigenvalue weighted by atomic mass is 32.1. The van der Waals surface area contributed by atoms with E-state index in [2.05, 4.69) is 15.3 Å². The van der Waals surface area contributed by atoms with Crippen molar-refractivity contribution >= 4 is 22.4 Å². The summed E-state index contributed by atoms with van der Waals surface area (Å²) in [5.74, 6) is 0.633. The SMILES string of the molecule is Cc1nc(N)sc1C(=O)NCc1nccn1C. The number of nitrogen functional groups attached to an aromatic ring is 1. The zero-order valence-electron chi connectivity index (χ0n) is 9.60. The summed E-state index contributed by atoms with van der Waals surface area (Å²) in [4.78, 5) is 20.5. The summed E-state index contributed by atoms with van der Waals surface area (Å²) in [6, 6.07) is 0. The summed E-state index contributed by atoms with van der Waals surface area (Å²) in [6.45, 7) is 2.15. The molecule has 7 heteroatoms. The van der Waals surface area contributed by atoms with E-state index >= 15 is 0 Å². The molecule has 0 saturated heterocycles. The Morgan fingerprint density at radius 3 is 2.94 bits per heavy atom. The van der Waals surface area contributed by atoms with Gasteiger partial charge in [-0.1, -0.05) is 11.3 Å². The van der Waals surface area contributed by atoms with Crippen LogP contribution in [-0.2, 0) is 13.6 Å². The lowest BCUT2D eigenvalue weighted by atomic mass is 10.3. The Balaban J connectivity index is 2.03. The summed E-state index contributed by atoms with van der Waals surface area (Å²) < 4.78 is 1.86. The Labute approximate surface area is 102 Å². The van der Waals surface area contributed by atoms with Crippen LogP contribution in [-0.4, -0.2) is 20.4 Å². The molecule has 2 rings (SSSR count). The molecule has 17 heavy (non-hydrogen) atoms. The molecule has 90 valence electrons. The molecule has 0 unspecified atom stereocenters. The van der Waals surface area contributed by atoms with Crippen molar-refractivity contribution in [1.82, 2.24) is 19.9 Å². The van der Waals surface area contributed by atoms with Crippen molar-refractivity contribution < 1.29 is 4.79 Å². The van der Waals surface area contributed by atoms with Crippen LogP contribution >= 0.6 is 11.3 Å². The molecule has 1 amide bonds. The third kappa shape index (κ3) is 2.44. The fourth-order valence-electron chi connectivity index (χ4n) is 1.43. The third-order valence-corrected chi connectivity index (χ3v) is 3.33. The molecule has 3 N–H and O–H groups in total. The smallest absolute Gasteiger partial charge is 0.263 e. The molecule has 2 aromatic rings. The Morgan fingerprint density at radius 1 is 1.65 bits per heavy atom. The third-order valence-electron chi connectivity index (χ3n) is 2.35. The van der Waals surface area contributed by atoms with Gasteiger partial charge in [-0.3, -0.25) is 4.79 Å². The zero-order valence-corrected chi connectivity index (χ0v) is 10.4. The number of rotatable bonds is 3. The monoisotopic (exact) mass is 251 g/mol. The van der Waals surface area contributed by atoms with Crippen molar-refractivity contribution in [3.63, 3.8) is 0 Å². The lowest BCUT2D eigenvalue weighted by Crippen LogP contribution is -2.24. The Kier molecular flexibility index (Phi) is 3.10. The molecule has 0 aliphatic carbocycles. The number of anilines is 1. The van der Waals surface area contributed by atoms with Gasteiger partial charge in [0, 0.05) is 19.4 Å². The number of aryl methyl sites for hydroxylation is 2. The number of thiazole rings is 1. The summed E-state index contributed by atoms with van der Waals surface area (Å²) in [5, 5.41) is 3.20. The van der Waals surface area contributed by atoms with E-state index in [1.165, 1.54) is 11.3 Å². The van der Waals surface area contributed by atoms with Crippen molar-refractivity contribution in [2.75, 3.05) is 5.73 Å². The quantitative estimate of drug-likeness (QED) is 0.840. The van der Waals surface area contributed by atoms with Crippen LogP contribution in [0.2, 0.25) is 0 Å². The van der Waals surface area contributed by atoms with E-state index in [9.17, 15) is 4.79 Å². The normalized spacial score (nSPS) is 10.5. The molecule has 0 atom stereocenters. The van der Waals surface area contributed by atoms with Gasteiger partial charge < -0.3 is 15.6 Å². The van der Waals surface area contributed by atoms with Gasteiger partial charge >= 0.3 is 0 Å². The van der Waals surface area contributed by atoms with E-state index in [-0.39, 0.29) is 5.91 Å². The molecule has 2 aromatic heterocycles. The number of amides is 1. The van der Waals surface area contributed by atoms with Crippen LogP contribution in [0, 0.1) is 6.92 Å². The average molecular weight is 251 g/mol. The predicted octanol–water partition coefficient (Wildman–Crippen LogP) is 0.697. The first-order valence-electron chi connectivity index (χ1n) is 5.05. The maximum Gasteiger partial charge on any atom is 0.263 e. The van der Waals surface area contributed by atoms with Gasteiger partial charge in [0.1, 0.15) is 10.7 Å². The summed E-state index contributed by atoms with van der Waals surface area (Å²) >= 11 is 1.19. The molecule has 0 aliphatic heterocycles. The average Bonchev–Trinajstić information content (AvgIpc) is 2.81. The minimum absolute atomic E-state index is 0.167. The highest BCUT2D eigenvalue weighted by Gasteiger charge is 2.14. The van der Waals surface area contributed by atoms with Crippen LogP contribution in [0.4, 0.5) is 5.13 Å². The predicted molar refractivity (Wildman–Crippen MR) is 65.6 cm³/mol. The van der Waals surface area contributed by atoms with Gasteiger partial charge in [0.2, 0.25) is 0 Å². The van der Waals surface area contributed by atoms with Gasteiger partial charge in [0.15, 0.2) is 5.13 Å². The maximum atomic E-state index is 11.9. The molecule has 0 aliphatic rings.